The SMILES string of the molecule is N#Cc1cc(-c2cc(-c3ccccc3)cc(-c3ccc4oc5ccccc5c4c3)c2)cc(-n2c3ccccc3c3ccccc32)c1. The summed E-state index contributed by atoms with van der Waals surface area (Å²) >= 11 is 0. The molecule has 0 amide bonds. The Morgan fingerprint density at radius 1 is 0.413 bits per heavy atom. The molecule has 0 fully saturated rings. The molecule has 46 heavy (non-hydrogen) atoms. The molecule has 7 aromatic carbocycles. The van der Waals surface area contributed by atoms with Crippen molar-refractivity contribution in [3.63, 3.8) is 0 Å². The minimum Gasteiger partial charge on any atom is -0.456 e. The van der Waals surface area contributed by atoms with Gasteiger partial charge in [-0.05, 0) is 100 Å². The number of aromatic nitrogens is 1. The second kappa shape index (κ2) is 10.4. The van der Waals surface area contributed by atoms with E-state index >= 15 is 0 Å². The van der Waals surface area contributed by atoms with Crippen LogP contribution >= 0.6 is 0 Å². The average molecular weight is 587 g/mol. The van der Waals surface area contributed by atoms with Crippen molar-refractivity contribution >= 4 is 43.7 Å². The van der Waals surface area contributed by atoms with Crippen molar-refractivity contribution in [1.82, 2.24) is 4.57 Å². The molecule has 2 heterocycles. The first-order chi connectivity index (χ1) is 22.7. The average Bonchev–Trinajstić information content (AvgIpc) is 3.67. The van der Waals surface area contributed by atoms with Gasteiger partial charge in [-0.3, -0.25) is 0 Å². The minimum absolute atomic E-state index is 0.618. The van der Waals surface area contributed by atoms with E-state index in [1.54, 1.807) is 0 Å². The number of hydrogen-bond donors (Lipinski definition) is 0. The molecule has 0 saturated carbocycles. The maximum Gasteiger partial charge on any atom is 0.135 e. The molecule has 0 atom stereocenters. The van der Waals surface area contributed by atoms with Crippen LogP contribution in [0.2, 0.25) is 0 Å². The summed E-state index contributed by atoms with van der Waals surface area (Å²) in [5, 5.41) is 14.8. The molecule has 0 bridgehead atoms. The van der Waals surface area contributed by atoms with E-state index in [9.17, 15) is 5.26 Å². The fourth-order valence-corrected chi connectivity index (χ4v) is 6.84. The second-order valence-corrected chi connectivity index (χ2v) is 11.7. The van der Waals surface area contributed by atoms with Crippen LogP contribution in [0.1, 0.15) is 5.56 Å². The molecule has 2 aromatic heterocycles. The number of para-hydroxylation sites is 3. The van der Waals surface area contributed by atoms with Gasteiger partial charge in [-0.15, -0.1) is 0 Å². The van der Waals surface area contributed by atoms with Crippen molar-refractivity contribution in [3.8, 4) is 45.1 Å². The van der Waals surface area contributed by atoms with Gasteiger partial charge >= 0.3 is 0 Å². The monoisotopic (exact) mass is 586 g/mol. The van der Waals surface area contributed by atoms with Crippen LogP contribution in [-0.4, -0.2) is 4.57 Å². The Morgan fingerprint density at radius 2 is 0.978 bits per heavy atom. The first-order valence-corrected chi connectivity index (χ1v) is 15.4. The lowest BCUT2D eigenvalue weighted by Crippen LogP contribution is -1.96. The summed E-state index contributed by atoms with van der Waals surface area (Å²) < 4.78 is 8.40. The lowest BCUT2D eigenvalue weighted by atomic mass is 9.92. The highest BCUT2D eigenvalue weighted by atomic mass is 16.3. The standard InChI is InChI=1S/C43H26N2O/c44-27-28-20-31(25-35(21-28)45-40-15-7-4-12-36(40)37-13-5-8-16-41(37)45)34-23-32(29-10-2-1-3-11-29)22-33(24-34)30-18-19-43-39(26-30)38-14-6-9-17-42(38)46-43/h1-26H. The summed E-state index contributed by atoms with van der Waals surface area (Å²) in [4.78, 5) is 0. The highest BCUT2D eigenvalue weighted by Gasteiger charge is 2.15. The van der Waals surface area contributed by atoms with Crippen molar-refractivity contribution in [3.05, 3.63) is 163 Å². The van der Waals surface area contributed by atoms with Crippen LogP contribution in [0.25, 0.3) is 82.8 Å². The zero-order chi connectivity index (χ0) is 30.6. The summed E-state index contributed by atoms with van der Waals surface area (Å²) in [6.07, 6.45) is 0. The molecule has 0 radical (unpaired) electrons. The first-order valence-electron chi connectivity index (χ1n) is 15.4. The Balaban J connectivity index is 1.28. The van der Waals surface area contributed by atoms with Crippen molar-refractivity contribution in [2.45, 2.75) is 0 Å². The number of rotatable bonds is 4. The second-order valence-electron chi connectivity index (χ2n) is 11.7. The molecule has 0 unspecified atom stereocenters. The number of hydrogen-bond acceptors (Lipinski definition) is 2. The maximum absolute atomic E-state index is 10.2. The van der Waals surface area contributed by atoms with Crippen molar-refractivity contribution in [2.75, 3.05) is 0 Å². The van der Waals surface area contributed by atoms with E-state index in [1.807, 2.05) is 30.3 Å². The first kappa shape index (κ1) is 26.1. The van der Waals surface area contributed by atoms with E-state index in [0.29, 0.717) is 5.56 Å². The van der Waals surface area contributed by atoms with Crippen LogP contribution in [0, 0.1) is 11.3 Å². The van der Waals surface area contributed by atoms with E-state index in [-0.39, 0.29) is 0 Å². The smallest absolute Gasteiger partial charge is 0.135 e. The lowest BCUT2D eigenvalue weighted by Gasteiger charge is -2.14. The van der Waals surface area contributed by atoms with Gasteiger partial charge in [0.25, 0.3) is 0 Å². The van der Waals surface area contributed by atoms with Crippen LogP contribution in [0.15, 0.2) is 162 Å². The third-order valence-electron chi connectivity index (χ3n) is 8.97. The maximum atomic E-state index is 10.2. The van der Waals surface area contributed by atoms with Gasteiger partial charge in [0, 0.05) is 27.2 Å². The molecule has 0 aliphatic rings. The van der Waals surface area contributed by atoms with Gasteiger partial charge in [0.15, 0.2) is 0 Å². The molecule has 0 spiro atoms. The van der Waals surface area contributed by atoms with E-state index in [1.165, 1.54) is 10.8 Å². The zero-order valence-electron chi connectivity index (χ0n) is 24.8. The largest absolute Gasteiger partial charge is 0.456 e. The molecule has 3 nitrogen and oxygen atoms in total. The Bertz CT molecular complexity index is 2600. The summed E-state index contributed by atoms with van der Waals surface area (Å²) in [7, 11) is 0. The molecule has 0 N–H and O–H groups in total. The predicted molar refractivity (Wildman–Crippen MR) is 189 cm³/mol. The van der Waals surface area contributed by atoms with Crippen LogP contribution in [0.4, 0.5) is 0 Å². The van der Waals surface area contributed by atoms with Gasteiger partial charge in [0.1, 0.15) is 11.2 Å². The van der Waals surface area contributed by atoms with E-state index in [2.05, 4.69) is 138 Å². The van der Waals surface area contributed by atoms with E-state index in [4.69, 9.17) is 4.42 Å². The molecule has 0 aliphatic carbocycles. The van der Waals surface area contributed by atoms with Crippen LogP contribution < -0.4 is 0 Å². The zero-order valence-corrected chi connectivity index (χ0v) is 24.8. The van der Waals surface area contributed by atoms with Gasteiger partial charge in [0.05, 0.1) is 22.7 Å². The number of furan rings is 1. The van der Waals surface area contributed by atoms with Crippen molar-refractivity contribution in [2.24, 2.45) is 0 Å². The number of nitrogens with zero attached hydrogens (tertiary/aromatic N) is 2. The van der Waals surface area contributed by atoms with Crippen LogP contribution in [-0.2, 0) is 0 Å². The number of fused-ring (bicyclic) bond motifs is 6. The van der Waals surface area contributed by atoms with Gasteiger partial charge in [-0.1, -0.05) is 91.0 Å². The summed E-state index contributed by atoms with van der Waals surface area (Å²) in [5.74, 6) is 0. The quantitative estimate of drug-likeness (QED) is 0.206. The molecular weight excluding hydrogens is 560 g/mol. The van der Waals surface area contributed by atoms with Crippen LogP contribution in [0.5, 0.6) is 0 Å². The van der Waals surface area contributed by atoms with Gasteiger partial charge in [-0.2, -0.15) is 5.26 Å². The van der Waals surface area contributed by atoms with Crippen LogP contribution in [0.3, 0.4) is 0 Å². The Morgan fingerprint density at radius 3 is 1.70 bits per heavy atom. The Kier molecular flexibility index (Phi) is 5.88. The summed E-state index contributed by atoms with van der Waals surface area (Å²) in [6, 6.07) is 57.4. The third kappa shape index (κ3) is 4.20. The molecule has 0 saturated heterocycles. The molecule has 9 aromatic rings. The normalized spacial score (nSPS) is 11.5. The number of benzene rings is 7. The predicted octanol–water partition coefficient (Wildman–Crippen LogP) is 11.6. The molecule has 0 aliphatic heterocycles. The van der Waals surface area contributed by atoms with E-state index in [0.717, 1.165) is 72.0 Å². The van der Waals surface area contributed by atoms with Crippen molar-refractivity contribution in [1.29, 1.82) is 5.26 Å². The fourth-order valence-electron chi connectivity index (χ4n) is 6.84. The van der Waals surface area contributed by atoms with Gasteiger partial charge < -0.3 is 8.98 Å². The third-order valence-corrected chi connectivity index (χ3v) is 8.97. The van der Waals surface area contributed by atoms with E-state index < -0.39 is 0 Å². The fraction of sp³-hybridized carbons (Fsp3) is 0. The topological polar surface area (TPSA) is 41.9 Å². The van der Waals surface area contributed by atoms with Gasteiger partial charge in [-0.25, -0.2) is 0 Å². The molecule has 3 heteroatoms. The summed E-state index contributed by atoms with van der Waals surface area (Å²) in [5.41, 5.74) is 12.1. The Labute approximate surface area is 265 Å². The molecule has 9 rings (SSSR count). The molecular formula is C43H26N2O. The number of nitriles is 1. The summed E-state index contributed by atoms with van der Waals surface area (Å²) in [6.45, 7) is 0. The van der Waals surface area contributed by atoms with Crippen molar-refractivity contribution < 1.29 is 4.42 Å². The lowest BCUT2D eigenvalue weighted by molar-refractivity contribution is 0.669. The Hall–Kier alpha value is -6.37. The minimum atomic E-state index is 0.618. The highest BCUT2D eigenvalue weighted by molar-refractivity contribution is 6.09. The molecule has 214 valence electrons. The van der Waals surface area contributed by atoms with Gasteiger partial charge in [0.2, 0.25) is 0 Å². The highest BCUT2D eigenvalue weighted by Crippen LogP contribution is 2.38.